The Morgan fingerprint density at radius 1 is 1.22 bits per heavy atom. The lowest BCUT2D eigenvalue weighted by Crippen LogP contribution is -2.48. The molecular weight excluding hydrogens is 400 g/mol. The standard InChI is InChI=1S/C25H36N6O/c1-28-13-15-29(16-14-28)24-10-3-9-23-27-21(19-31(23)24)18-30(12-5-17-32)22-8-2-6-20-7-4-11-26-25(20)22/h3-4,7,9-11,21-22,32H,2,5-6,8,12-19H2,1H3/t21?,22-/m0/s1. The van der Waals surface area contributed by atoms with E-state index >= 15 is 0 Å². The van der Waals surface area contributed by atoms with Crippen molar-refractivity contribution in [3.8, 4) is 0 Å². The number of aliphatic hydroxyl groups excluding tert-OH is 1. The first-order valence-electron chi connectivity index (χ1n) is 12.2. The van der Waals surface area contributed by atoms with Crippen molar-refractivity contribution < 1.29 is 5.11 Å². The lowest BCUT2D eigenvalue weighted by atomic mass is 9.90. The number of aliphatic imine (C=N–C) groups is 1. The van der Waals surface area contributed by atoms with E-state index in [2.05, 4.69) is 57.0 Å². The number of nitrogens with zero attached hydrogens (tertiary/aromatic N) is 6. The average Bonchev–Trinajstić information content (AvgIpc) is 3.25. The number of hydrogen-bond donors (Lipinski definition) is 1. The van der Waals surface area contributed by atoms with Crippen molar-refractivity contribution in [1.29, 1.82) is 0 Å². The highest BCUT2D eigenvalue weighted by atomic mass is 16.3. The molecule has 1 fully saturated rings. The number of aliphatic hydroxyl groups is 1. The number of pyridine rings is 1. The third kappa shape index (κ3) is 4.47. The summed E-state index contributed by atoms with van der Waals surface area (Å²) in [6, 6.07) is 4.84. The van der Waals surface area contributed by atoms with Gasteiger partial charge in [-0.15, -0.1) is 0 Å². The second kappa shape index (κ2) is 9.73. The fourth-order valence-electron chi connectivity index (χ4n) is 5.53. The molecule has 0 amide bonds. The molecule has 7 heteroatoms. The van der Waals surface area contributed by atoms with E-state index in [1.54, 1.807) is 0 Å². The van der Waals surface area contributed by atoms with Crippen LogP contribution >= 0.6 is 0 Å². The number of piperazine rings is 1. The summed E-state index contributed by atoms with van der Waals surface area (Å²) in [5, 5.41) is 9.53. The van der Waals surface area contributed by atoms with Crippen LogP contribution in [0.1, 0.15) is 36.6 Å². The minimum atomic E-state index is 0.225. The van der Waals surface area contributed by atoms with Crippen LogP contribution in [0.25, 0.3) is 0 Å². The molecule has 4 heterocycles. The van der Waals surface area contributed by atoms with E-state index in [4.69, 9.17) is 9.98 Å². The van der Waals surface area contributed by atoms with E-state index in [1.165, 1.54) is 23.5 Å². The molecule has 1 unspecified atom stereocenters. The summed E-state index contributed by atoms with van der Waals surface area (Å²) in [4.78, 5) is 19.7. The largest absolute Gasteiger partial charge is 0.396 e. The van der Waals surface area contributed by atoms with E-state index in [1.807, 2.05) is 6.20 Å². The molecule has 0 radical (unpaired) electrons. The van der Waals surface area contributed by atoms with Gasteiger partial charge in [0.2, 0.25) is 0 Å². The normalized spacial score (nSPS) is 25.6. The Kier molecular flexibility index (Phi) is 6.57. The fourth-order valence-corrected chi connectivity index (χ4v) is 5.53. The van der Waals surface area contributed by atoms with Crippen LogP contribution in [0.4, 0.5) is 0 Å². The number of aromatic nitrogens is 1. The molecule has 1 saturated heterocycles. The van der Waals surface area contributed by atoms with Gasteiger partial charge >= 0.3 is 0 Å². The zero-order valence-corrected chi connectivity index (χ0v) is 19.2. The SMILES string of the molecule is CN1CCN(C2=CC=CC3=NC(CN(CCCO)[C@H]4CCCc5cccnc54)CN23)CC1. The number of fused-ring (bicyclic) bond motifs is 2. The maximum Gasteiger partial charge on any atom is 0.129 e. The van der Waals surface area contributed by atoms with Crippen LogP contribution in [0.3, 0.4) is 0 Å². The Labute approximate surface area is 191 Å². The fraction of sp³-hybridized carbons (Fsp3) is 0.600. The lowest BCUT2D eigenvalue weighted by molar-refractivity contribution is 0.140. The van der Waals surface area contributed by atoms with Gasteiger partial charge in [-0.1, -0.05) is 12.1 Å². The summed E-state index contributed by atoms with van der Waals surface area (Å²) in [7, 11) is 2.20. The van der Waals surface area contributed by atoms with Gasteiger partial charge < -0.3 is 19.8 Å². The third-order valence-corrected chi connectivity index (χ3v) is 7.23. The Morgan fingerprint density at radius 2 is 2.09 bits per heavy atom. The second-order valence-corrected chi connectivity index (χ2v) is 9.45. The number of amidine groups is 1. The van der Waals surface area contributed by atoms with Gasteiger partial charge in [0.05, 0.1) is 17.8 Å². The molecule has 0 spiro atoms. The third-order valence-electron chi connectivity index (χ3n) is 7.23. The van der Waals surface area contributed by atoms with E-state index in [0.717, 1.165) is 70.9 Å². The van der Waals surface area contributed by atoms with Crippen molar-refractivity contribution in [3.63, 3.8) is 0 Å². The molecule has 32 heavy (non-hydrogen) atoms. The van der Waals surface area contributed by atoms with Crippen LogP contribution in [-0.4, -0.2) is 101 Å². The maximum absolute atomic E-state index is 9.53. The smallest absolute Gasteiger partial charge is 0.129 e. The van der Waals surface area contributed by atoms with Crippen molar-refractivity contribution in [2.45, 2.75) is 37.8 Å². The molecule has 1 aliphatic carbocycles. The first kappa shape index (κ1) is 21.6. The molecule has 2 atom stereocenters. The van der Waals surface area contributed by atoms with Crippen LogP contribution in [0, 0.1) is 0 Å². The van der Waals surface area contributed by atoms with Gasteiger partial charge in [0.25, 0.3) is 0 Å². The summed E-state index contributed by atoms with van der Waals surface area (Å²) in [5.74, 6) is 2.39. The van der Waals surface area contributed by atoms with Crippen LogP contribution in [0.5, 0.6) is 0 Å². The lowest BCUT2D eigenvalue weighted by Gasteiger charge is -2.40. The average molecular weight is 437 g/mol. The van der Waals surface area contributed by atoms with Gasteiger partial charge in [-0.25, -0.2) is 0 Å². The molecule has 0 aromatic carbocycles. The van der Waals surface area contributed by atoms with Gasteiger partial charge in [-0.2, -0.15) is 0 Å². The highest BCUT2D eigenvalue weighted by Crippen LogP contribution is 2.34. The Hall–Kier alpha value is -2.22. The molecule has 1 N–H and O–H groups in total. The topological polar surface area (TPSA) is 58.4 Å². The first-order valence-corrected chi connectivity index (χ1v) is 12.2. The summed E-state index contributed by atoms with van der Waals surface area (Å²) in [5.41, 5.74) is 2.62. The summed E-state index contributed by atoms with van der Waals surface area (Å²) < 4.78 is 0. The van der Waals surface area contributed by atoms with Crippen LogP contribution in [-0.2, 0) is 6.42 Å². The molecule has 3 aliphatic heterocycles. The first-order chi connectivity index (χ1) is 15.7. The highest BCUT2D eigenvalue weighted by molar-refractivity contribution is 5.96. The predicted octanol–water partition coefficient (Wildman–Crippen LogP) is 1.88. The van der Waals surface area contributed by atoms with Gasteiger partial charge in [-0.3, -0.25) is 14.9 Å². The van der Waals surface area contributed by atoms with Crippen LogP contribution in [0.2, 0.25) is 0 Å². The monoisotopic (exact) mass is 436 g/mol. The van der Waals surface area contributed by atoms with Crippen molar-refractivity contribution in [1.82, 2.24) is 24.6 Å². The van der Waals surface area contributed by atoms with Gasteiger partial charge in [0, 0.05) is 58.6 Å². The summed E-state index contributed by atoms with van der Waals surface area (Å²) in [6.07, 6.45) is 12.7. The quantitative estimate of drug-likeness (QED) is 0.705. The number of hydrogen-bond acceptors (Lipinski definition) is 7. The van der Waals surface area contributed by atoms with E-state index in [0.29, 0.717) is 6.04 Å². The van der Waals surface area contributed by atoms with E-state index < -0.39 is 0 Å². The van der Waals surface area contributed by atoms with Gasteiger partial charge in [0.1, 0.15) is 11.7 Å². The molecule has 7 nitrogen and oxygen atoms in total. The molecule has 0 saturated carbocycles. The molecular formula is C25H36N6O. The zero-order valence-electron chi connectivity index (χ0n) is 19.2. The summed E-state index contributed by atoms with van der Waals surface area (Å²) >= 11 is 0. The van der Waals surface area contributed by atoms with Crippen molar-refractivity contribution in [2.75, 3.05) is 59.5 Å². The van der Waals surface area contributed by atoms with Crippen LogP contribution in [0.15, 0.2) is 47.4 Å². The van der Waals surface area contributed by atoms with Gasteiger partial charge in [0.15, 0.2) is 0 Å². The van der Waals surface area contributed by atoms with Crippen molar-refractivity contribution in [3.05, 3.63) is 53.6 Å². The minimum Gasteiger partial charge on any atom is -0.396 e. The van der Waals surface area contributed by atoms with Crippen molar-refractivity contribution in [2.24, 2.45) is 4.99 Å². The van der Waals surface area contributed by atoms with Crippen molar-refractivity contribution >= 4 is 5.84 Å². The number of likely N-dealkylation sites (N-methyl/N-ethyl adjacent to an activating group) is 1. The van der Waals surface area contributed by atoms with E-state index in [9.17, 15) is 5.11 Å². The number of rotatable bonds is 7. The number of allylic oxidation sites excluding steroid dienone is 2. The molecule has 4 aliphatic rings. The predicted molar refractivity (Wildman–Crippen MR) is 127 cm³/mol. The second-order valence-electron chi connectivity index (χ2n) is 9.45. The Balaban J connectivity index is 1.30. The Morgan fingerprint density at radius 3 is 2.94 bits per heavy atom. The summed E-state index contributed by atoms with van der Waals surface area (Å²) in [6.45, 7) is 7.29. The molecule has 5 rings (SSSR count). The Bertz CT molecular complexity index is 888. The molecule has 172 valence electrons. The minimum absolute atomic E-state index is 0.225. The van der Waals surface area contributed by atoms with Crippen LogP contribution < -0.4 is 0 Å². The molecule has 0 bridgehead atoms. The zero-order chi connectivity index (χ0) is 21.9. The maximum atomic E-state index is 9.53. The van der Waals surface area contributed by atoms with Gasteiger partial charge in [-0.05, 0) is 56.5 Å². The highest BCUT2D eigenvalue weighted by Gasteiger charge is 2.34. The number of aryl methyl sites for hydroxylation is 1. The molecule has 1 aromatic rings. The molecule has 1 aromatic heterocycles. The van der Waals surface area contributed by atoms with E-state index in [-0.39, 0.29) is 12.6 Å².